The van der Waals surface area contributed by atoms with Crippen molar-refractivity contribution in [3.63, 3.8) is 0 Å². The zero-order chi connectivity index (χ0) is 16.7. The summed E-state index contributed by atoms with van der Waals surface area (Å²) in [6, 6.07) is 4.63. The molecule has 22 heavy (non-hydrogen) atoms. The minimum absolute atomic E-state index is 0.133. The van der Waals surface area contributed by atoms with Gasteiger partial charge in [0.05, 0.1) is 11.5 Å². The number of nitrogens with zero attached hydrogens (tertiary/aromatic N) is 2. The van der Waals surface area contributed by atoms with Crippen molar-refractivity contribution in [2.24, 2.45) is 5.92 Å². The van der Waals surface area contributed by atoms with E-state index in [4.69, 9.17) is 4.74 Å². The van der Waals surface area contributed by atoms with Gasteiger partial charge in [-0.1, -0.05) is 13.8 Å². The van der Waals surface area contributed by atoms with Crippen molar-refractivity contribution >= 4 is 23.4 Å². The number of nitro benzene ring substituents is 1. The molecular weight excluding hydrogens is 304 g/mol. The van der Waals surface area contributed by atoms with E-state index >= 15 is 0 Å². The van der Waals surface area contributed by atoms with Crippen molar-refractivity contribution in [1.29, 1.82) is 0 Å². The SMILES string of the molecule is COCCN(CC(C)C)C(=O)c1cc(SC)ccc1[N+](=O)[O-]. The Morgan fingerprint density at radius 2 is 2.14 bits per heavy atom. The highest BCUT2D eigenvalue weighted by atomic mass is 32.2. The van der Waals surface area contributed by atoms with Gasteiger partial charge >= 0.3 is 0 Å². The van der Waals surface area contributed by atoms with Gasteiger partial charge in [0.15, 0.2) is 0 Å². The van der Waals surface area contributed by atoms with Crippen molar-refractivity contribution in [1.82, 2.24) is 4.90 Å². The van der Waals surface area contributed by atoms with Crippen LogP contribution in [-0.4, -0.2) is 48.8 Å². The van der Waals surface area contributed by atoms with E-state index in [2.05, 4.69) is 0 Å². The third kappa shape index (κ3) is 4.99. The highest BCUT2D eigenvalue weighted by Crippen LogP contribution is 2.26. The van der Waals surface area contributed by atoms with Crippen LogP contribution in [0, 0.1) is 16.0 Å². The van der Waals surface area contributed by atoms with E-state index in [9.17, 15) is 14.9 Å². The molecule has 0 radical (unpaired) electrons. The fourth-order valence-corrected chi connectivity index (χ4v) is 2.50. The van der Waals surface area contributed by atoms with Crippen LogP contribution in [0.15, 0.2) is 23.1 Å². The molecule has 0 saturated heterocycles. The smallest absolute Gasteiger partial charge is 0.282 e. The van der Waals surface area contributed by atoms with Crippen molar-refractivity contribution in [3.8, 4) is 0 Å². The minimum Gasteiger partial charge on any atom is -0.383 e. The summed E-state index contributed by atoms with van der Waals surface area (Å²) in [7, 11) is 1.56. The number of thioether (sulfide) groups is 1. The molecule has 0 bridgehead atoms. The third-order valence-corrected chi connectivity index (χ3v) is 3.79. The molecule has 122 valence electrons. The van der Waals surface area contributed by atoms with Gasteiger partial charge in [0.25, 0.3) is 11.6 Å². The Balaban J connectivity index is 3.17. The highest BCUT2D eigenvalue weighted by molar-refractivity contribution is 7.98. The molecule has 0 heterocycles. The van der Waals surface area contributed by atoms with E-state index in [0.29, 0.717) is 19.7 Å². The summed E-state index contributed by atoms with van der Waals surface area (Å²) in [5.74, 6) is -0.0584. The summed E-state index contributed by atoms with van der Waals surface area (Å²) in [5, 5.41) is 11.2. The number of methoxy groups -OCH3 is 1. The van der Waals surface area contributed by atoms with Crippen molar-refractivity contribution in [2.75, 3.05) is 33.1 Å². The van der Waals surface area contributed by atoms with Gasteiger partial charge in [-0.05, 0) is 24.3 Å². The molecule has 1 aromatic rings. The average Bonchev–Trinajstić information content (AvgIpc) is 2.49. The summed E-state index contributed by atoms with van der Waals surface area (Å²) in [6.45, 7) is 5.34. The van der Waals surface area contributed by atoms with Crippen LogP contribution in [0.3, 0.4) is 0 Å². The molecule has 1 amide bonds. The number of carbonyl (C=O) groups is 1. The number of ether oxygens (including phenoxy) is 1. The number of rotatable bonds is 8. The number of carbonyl (C=O) groups excluding carboxylic acids is 1. The molecule has 0 saturated carbocycles. The Kier molecular flexibility index (Phi) is 7.34. The number of hydrogen-bond acceptors (Lipinski definition) is 5. The molecule has 0 spiro atoms. The van der Waals surface area contributed by atoms with E-state index in [1.807, 2.05) is 20.1 Å². The summed E-state index contributed by atoms with van der Waals surface area (Å²) >= 11 is 1.45. The standard InChI is InChI=1S/C15H22N2O4S/c1-11(2)10-16(7-8-21-3)15(18)13-9-12(22-4)5-6-14(13)17(19)20/h5-6,9,11H,7-8,10H2,1-4H3. The van der Waals surface area contributed by atoms with Crippen LogP contribution in [0.25, 0.3) is 0 Å². The van der Waals surface area contributed by atoms with Crippen LogP contribution in [0.4, 0.5) is 5.69 Å². The maximum Gasteiger partial charge on any atom is 0.282 e. The lowest BCUT2D eigenvalue weighted by Crippen LogP contribution is -2.37. The summed E-state index contributed by atoms with van der Waals surface area (Å²) in [6.07, 6.45) is 1.87. The fourth-order valence-electron chi connectivity index (χ4n) is 2.06. The number of benzene rings is 1. The van der Waals surface area contributed by atoms with Crippen molar-refractivity contribution < 1.29 is 14.5 Å². The van der Waals surface area contributed by atoms with Crippen LogP contribution in [0.2, 0.25) is 0 Å². The molecule has 0 aliphatic heterocycles. The second kappa shape index (κ2) is 8.75. The van der Waals surface area contributed by atoms with Crippen LogP contribution >= 0.6 is 11.8 Å². The Labute approximate surface area is 135 Å². The maximum atomic E-state index is 12.7. The first kappa shape index (κ1) is 18.4. The fraction of sp³-hybridized carbons (Fsp3) is 0.533. The molecule has 6 nitrogen and oxygen atoms in total. The van der Waals surface area contributed by atoms with Gasteiger partial charge in [-0.3, -0.25) is 14.9 Å². The second-order valence-corrected chi connectivity index (χ2v) is 6.16. The van der Waals surface area contributed by atoms with Crippen LogP contribution in [0.5, 0.6) is 0 Å². The predicted molar refractivity (Wildman–Crippen MR) is 87.5 cm³/mol. The molecule has 0 N–H and O–H groups in total. The normalized spacial score (nSPS) is 10.8. The van der Waals surface area contributed by atoms with Crippen LogP contribution in [-0.2, 0) is 4.74 Å². The second-order valence-electron chi connectivity index (χ2n) is 5.28. The van der Waals surface area contributed by atoms with E-state index < -0.39 is 4.92 Å². The lowest BCUT2D eigenvalue weighted by molar-refractivity contribution is -0.385. The first-order chi connectivity index (χ1) is 10.4. The Hall–Kier alpha value is -1.60. The molecule has 0 fully saturated rings. The molecule has 7 heteroatoms. The molecule has 1 aromatic carbocycles. The van der Waals surface area contributed by atoms with E-state index in [0.717, 1.165) is 4.90 Å². The van der Waals surface area contributed by atoms with Gasteiger partial charge in [0.1, 0.15) is 5.56 Å². The number of nitro groups is 1. The van der Waals surface area contributed by atoms with Crippen LogP contribution in [0.1, 0.15) is 24.2 Å². The average molecular weight is 326 g/mol. The maximum absolute atomic E-state index is 12.7. The highest BCUT2D eigenvalue weighted by Gasteiger charge is 2.25. The van der Waals surface area contributed by atoms with Gasteiger partial charge in [-0.25, -0.2) is 0 Å². The largest absolute Gasteiger partial charge is 0.383 e. The molecule has 0 unspecified atom stereocenters. The van der Waals surface area contributed by atoms with Crippen molar-refractivity contribution in [3.05, 3.63) is 33.9 Å². The van der Waals surface area contributed by atoms with Crippen LogP contribution < -0.4 is 0 Å². The molecule has 1 rings (SSSR count). The van der Waals surface area contributed by atoms with E-state index in [1.165, 1.54) is 17.8 Å². The quantitative estimate of drug-likeness (QED) is 0.417. The number of hydrogen-bond donors (Lipinski definition) is 0. The predicted octanol–water partition coefficient (Wildman–Crippen LogP) is 3.06. The van der Waals surface area contributed by atoms with Gasteiger partial charge in [0.2, 0.25) is 0 Å². The van der Waals surface area contributed by atoms with Crippen molar-refractivity contribution in [2.45, 2.75) is 18.7 Å². The molecule has 0 atom stereocenters. The number of amides is 1. The molecule has 0 aromatic heterocycles. The summed E-state index contributed by atoms with van der Waals surface area (Å²) in [4.78, 5) is 25.8. The van der Waals surface area contributed by atoms with Gasteiger partial charge < -0.3 is 9.64 Å². The van der Waals surface area contributed by atoms with Gasteiger partial charge in [0, 0.05) is 31.2 Å². The van der Waals surface area contributed by atoms with E-state index in [1.54, 1.807) is 24.1 Å². The van der Waals surface area contributed by atoms with Gasteiger partial charge in [-0.2, -0.15) is 0 Å². The lowest BCUT2D eigenvalue weighted by Gasteiger charge is -2.24. The first-order valence-corrected chi connectivity index (χ1v) is 8.23. The zero-order valence-corrected chi connectivity index (χ0v) is 14.2. The Bertz CT molecular complexity index is 534. The molecule has 0 aliphatic carbocycles. The Morgan fingerprint density at radius 1 is 1.45 bits per heavy atom. The molecular formula is C15H22N2O4S. The zero-order valence-electron chi connectivity index (χ0n) is 13.4. The van der Waals surface area contributed by atoms with E-state index in [-0.39, 0.29) is 23.1 Å². The molecule has 0 aliphatic rings. The summed E-state index contributed by atoms with van der Waals surface area (Å²) < 4.78 is 5.03. The lowest BCUT2D eigenvalue weighted by atomic mass is 10.1. The third-order valence-electron chi connectivity index (χ3n) is 3.07. The topological polar surface area (TPSA) is 72.7 Å². The summed E-state index contributed by atoms with van der Waals surface area (Å²) in [5.41, 5.74) is -0.0254. The Morgan fingerprint density at radius 3 is 2.64 bits per heavy atom. The minimum atomic E-state index is -0.513. The monoisotopic (exact) mass is 326 g/mol. The van der Waals surface area contributed by atoms with Gasteiger partial charge in [-0.15, -0.1) is 11.8 Å². The first-order valence-electron chi connectivity index (χ1n) is 7.01.